The summed E-state index contributed by atoms with van der Waals surface area (Å²) in [5.41, 5.74) is 2.57. The van der Waals surface area contributed by atoms with E-state index in [0.29, 0.717) is 25.1 Å². The van der Waals surface area contributed by atoms with Crippen LogP contribution in [0.3, 0.4) is 0 Å². The van der Waals surface area contributed by atoms with Gasteiger partial charge in [0.2, 0.25) is 0 Å². The van der Waals surface area contributed by atoms with Crippen LogP contribution >= 0.6 is 0 Å². The summed E-state index contributed by atoms with van der Waals surface area (Å²) < 4.78 is 6.80. The Bertz CT molecular complexity index is 1300. The van der Waals surface area contributed by atoms with Gasteiger partial charge >= 0.3 is 5.97 Å². The zero-order chi connectivity index (χ0) is 23.5. The predicted octanol–water partition coefficient (Wildman–Crippen LogP) is 3.57. The van der Waals surface area contributed by atoms with Crippen LogP contribution in [0, 0.1) is 0 Å². The number of fused-ring (bicyclic) bond motifs is 1. The molecule has 3 aromatic carbocycles. The van der Waals surface area contributed by atoms with Crippen molar-refractivity contribution < 1.29 is 14.3 Å². The molecule has 2 heterocycles. The van der Waals surface area contributed by atoms with Gasteiger partial charge in [-0.3, -0.25) is 14.5 Å². The van der Waals surface area contributed by atoms with E-state index in [-0.39, 0.29) is 17.9 Å². The summed E-state index contributed by atoms with van der Waals surface area (Å²) in [5.74, 6) is -0.436. The Morgan fingerprint density at radius 1 is 1.03 bits per heavy atom. The van der Waals surface area contributed by atoms with Crippen molar-refractivity contribution in [3.8, 4) is 5.69 Å². The molecule has 7 heteroatoms. The third kappa shape index (κ3) is 4.56. The lowest BCUT2D eigenvalue weighted by Gasteiger charge is -2.22. The number of carbonyl (C=O) groups excluding carboxylic acids is 2. The van der Waals surface area contributed by atoms with Crippen molar-refractivity contribution >= 4 is 22.6 Å². The molecule has 1 amide bonds. The second-order valence-electron chi connectivity index (χ2n) is 8.55. The number of aromatic nitrogens is 2. The largest absolute Gasteiger partial charge is 0.468 e. The van der Waals surface area contributed by atoms with Crippen LogP contribution in [0.25, 0.3) is 16.5 Å². The summed E-state index contributed by atoms with van der Waals surface area (Å²) in [7, 11) is 1.41. The minimum Gasteiger partial charge on any atom is -0.468 e. The lowest BCUT2D eigenvalue weighted by molar-refractivity contribution is -0.146. The molecule has 1 saturated heterocycles. The molecule has 0 spiro atoms. The molecule has 1 aliphatic rings. The van der Waals surface area contributed by atoms with Crippen LogP contribution in [0.1, 0.15) is 22.3 Å². The van der Waals surface area contributed by atoms with E-state index in [0.717, 1.165) is 16.6 Å². The van der Waals surface area contributed by atoms with E-state index in [1.807, 2.05) is 36.5 Å². The van der Waals surface area contributed by atoms with Gasteiger partial charge in [0.25, 0.3) is 5.91 Å². The van der Waals surface area contributed by atoms with Gasteiger partial charge in [-0.25, -0.2) is 4.68 Å². The van der Waals surface area contributed by atoms with Crippen molar-refractivity contribution in [2.24, 2.45) is 0 Å². The fraction of sp³-hybridized carbons (Fsp3) is 0.222. The van der Waals surface area contributed by atoms with Gasteiger partial charge in [-0.2, -0.15) is 5.10 Å². The first-order valence-corrected chi connectivity index (χ1v) is 11.3. The Labute approximate surface area is 197 Å². The number of carbonyl (C=O) groups is 2. The van der Waals surface area contributed by atoms with Gasteiger partial charge in [-0.1, -0.05) is 36.4 Å². The first kappa shape index (κ1) is 21.9. The van der Waals surface area contributed by atoms with Crippen LogP contribution < -0.4 is 5.32 Å². The molecule has 1 aliphatic heterocycles. The SMILES string of the molecule is COC(=O)[C@@H]1C[C@@H](NC(=O)c2ccc(-n3cccn3)cc2)CN1Cc1ccc2ccccc2c1. The number of rotatable bonds is 6. The lowest BCUT2D eigenvalue weighted by atomic mass is 10.1. The molecule has 5 rings (SSSR count). The molecule has 4 aromatic rings. The molecule has 2 atom stereocenters. The molecule has 0 saturated carbocycles. The molecule has 172 valence electrons. The van der Waals surface area contributed by atoms with Gasteiger partial charge in [-0.15, -0.1) is 0 Å². The quantitative estimate of drug-likeness (QED) is 0.451. The molecule has 0 bridgehead atoms. The second kappa shape index (κ2) is 9.49. The molecule has 1 aromatic heterocycles. The summed E-state index contributed by atoms with van der Waals surface area (Å²) >= 11 is 0. The van der Waals surface area contributed by atoms with Crippen LogP contribution in [0.15, 0.2) is 85.2 Å². The van der Waals surface area contributed by atoms with Crippen LogP contribution in [0.5, 0.6) is 0 Å². The number of nitrogens with one attached hydrogen (secondary N) is 1. The van der Waals surface area contributed by atoms with Crippen LogP contribution in [0.4, 0.5) is 0 Å². The van der Waals surface area contributed by atoms with Crippen molar-refractivity contribution in [3.63, 3.8) is 0 Å². The fourth-order valence-electron chi connectivity index (χ4n) is 4.59. The maximum atomic E-state index is 12.9. The van der Waals surface area contributed by atoms with Gasteiger partial charge in [0, 0.05) is 37.1 Å². The topological polar surface area (TPSA) is 76.5 Å². The number of methoxy groups -OCH3 is 1. The number of benzene rings is 3. The minimum absolute atomic E-state index is 0.150. The molecule has 0 aliphatic carbocycles. The molecular weight excluding hydrogens is 428 g/mol. The van der Waals surface area contributed by atoms with Crippen LogP contribution in [-0.4, -0.2) is 52.3 Å². The van der Waals surface area contributed by atoms with Crippen LogP contribution in [0.2, 0.25) is 0 Å². The average Bonchev–Trinajstić information content (AvgIpc) is 3.54. The van der Waals surface area contributed by atoms with E-state index in [2.05, 4.69) is 45.6 Å². The predicted molar refractivity (Wildman–Crippen MR) is 130 cm³/mol. The summed E-state index contributed by atoms with van der Waals surface area (Å²) in [4.78, 5) is 27.5. The van der Waals surface area contributed by atoms with E-state index < -0.39 is 6.04 Å². The van der Waals surface area contributed by atoms with E-state index in [1.54, 1.807) is 23.0 Å². The summed E-state index contributed by atoms with van der Waals surface area (Å²) in [5, 5.41) is 9.64. The summed E-state index contributed by atoms with van der Waals surface area (Å²) in [6, 6.07) is 23.1. The van der Waals surface area contributed by atoms with Crippen molar-refractivity contribution in [3.05, 3.63) is 96.3 Å². The molecule has 34 heavy (non-hydrogen) atoms. The number of likely N-dealkylation sites (tertiary alicyclic amines) is 1. The average molecular weight is 455 g/mol. The highest BCUT2D eigenvalue weighted by molar-refractivity contribution is 5.94. The molecule has 0 radical (unpaired) electrons. The molecular formula is C27H26N4O3. The fourth-order valence-corrected chi connectivity index (χ4v) is 4.59. The van der Waals surface area contributed by atoms with Gasteiger partial charge in [0.1, 0.15) is 6.04 Å². The zero-order valence-electron chi connectivity index (χ0n) is 18.9. The number of amides is 1. The maximum Gasteiger partial charge on any atom is 0.323 e. The monoisotopic (exact) mass is 454 g/mol. The van der Waals surface area contributed by atoms with Crippen molar-refractivity contribution in [1.82, 2.24) is 20.0 Å². The molecule has 7 nitrogen and oxygen atoms in total. The third-order valence-corrected chi connectivity index (χ3v) is 6.31. The smallest absolute Gasteiger partial charge is 0.323 e. The highest BCUT2D eigenvalue weighted by Gasteiger charge is 2.38. The third-order valence-electron chi connectivity index (χ3n) is 6.31. The standard InChI is InChI=1S/C27H26N4O3/c1-34-27(33)25-16-23(18-30(25)17-19-7-8-20-5-2-3-6-22(20)15-19)29-26(32)21-9-11-24(12-10-21)31-14-4-13-28-31/h2-15,23,25H,16-18H2,1H3,(H,29,32)/t23-,25+/m1/s1. The zero-order valence-corrected chi connectivity index (χ0v) is 18.9. The Kier molecular flexibility index (Phi) is 6.10. The first-order chi connectivity index (χ1) is 16.6. The van der Waals surface area contributed by atoms with Gasteiger partial charge in [-0.05, 0) is 59.2 Å². The summed E-state index contributed by atoms with van der Waals surface area (Å²) in [6.07, 6.45) is 4.07. The van der Waals surface area contributed by atoms with Gasteiger partial charge < -0.3 is 10.1 Å². The van der Waals surface area contributed by atoms with Crippen LogP contribution in [-0.2, 0) is 16.1 Å². The molecule has 1 fully saturated rings. The first-order valence-electron chi connectivity index (χ1n) is 11.3. The minimum atomic E-state index is -0.399. The Hall–Kier alpha value is -3.97. The molecule has 0 unspecified atom stereocenters. The van der Waals surface area contributed by atoms with E-state index in [4.69, 9.17) is 4.74 Å². The lowest BCUT2D eigenvalue weighted by Crippen LogP contribution is -2.37. The van der Waals surface area contributed by atoms with Gasteiger partial charge in [0.05, 0.1) is 12.8 Å². The van der Waals surface area contributed by atoms with Crippen molar-refractivity contribution in [2.75, 3.05) is 13.7 Å². The number of esters is 1. The Morgan fingerprint density at radius 2 is 1.82 bits per heavy atom. The number of nitrogens with zero attached hydrogens (tertiary/aromatic N) is 3. The Morgan fingerprint density at radius 3 is 2.56 bits per heavy atom. The number of hydrogen-bond acceptors (Lipinski definition) is 5. The normalized spacial score (nSPS) is 18.1. The van der Waals surface area contributed by atoms with Gasteiger partial charge in [0.15, 0.2) is 0 Å². The van der Waals surface area contributed by atoms with E-state index in [9.17, 15) is 9.59 Å². The Balaban J connectivity index is 1.28. The highest BCUT2D eigenvalue weighted by atomic mass is 16.5. The van der Waals surface area contributed by atoms with E-state index in [1.165, 1.54) is 12.5 Å². The second-order valence-corrected chi connectivity index (χ2v) is 8.55. The van der Waals surface area contributed by atoms with E-state index >= 15 is 0 Å². The number of ether oxygens (including phenoxy) is 1. The maximum absolute atomic E-state index is 12.9. The van der Waals surface area contributed by atoms with Crippen molar-refractivity contribution in [2.45, 2.75) is 25.0 Å². The highest BCUT2D eigenvalue weighted by Crippen LogP contribution is 2.24. The molecule has 1 N–H and O–H groups in total. The number of hydrogen-bond donors (Lipinski definition) is 1. The summed E-state index contributed by atoms with van der Waals surface area (Å²) in [6.45, 7) is 1.18. The van der Waals surface area contributed by atoms with Crippen molar-refractivity contribution in [1.29, 1.82) is 0 Å².